The third-order valence-electron chi connectivity index (χ3n) is 2.98. The summed E-state index contributed by atoms with van der Waals surface area (Å²) in [5.74, 6) is -1.21. The number of halogens is 1. The summed E-state index contributed by atoms with van der Waals surface area (Å²) < 4.78 is 12.7. The van der Waals surface area contributed by atoms with Crippen LogP contribution in [0.2, 0.25) is 0 Å². The average molecular weight is 264 g/mol. The van der Waals surface area contributed by atoms with Crippen LogP contribution >= 0.6 is 0 Å². The minimum absolute atomic E-state index is 0.0183. The number of hydrogen-bond donors (Lipinski definition) is 0. The number of piperazine rings is 1. The number of likely N-dealkylation sites (N-methyl/N-ethyl adjacent to an activating group) is 1. The second kappa shape index (κ2) is 5.17. The topological polar surface area (TPSA) is 57.7 Å². The predicted molar refractivity (Wildman–Crippen MR) is 64.9 cm³/mol. The molecule has 1 aliphatic rings. The van der Waals surface area contributed by atoms with Crippen molar-refractivity contribution in [3.05, 3.63) is 35.6 Å². The third kappa shape index (κ3) is 2.96. The quantitative estimate of drug-likeness (QED) is 0.738. The summed E-state index contributed by atoms with van der Waals surface area (Å²) >= 11 is 0. The number of nitrogens with zero attached hydrogens (tertiary/aromatic N) is 2. The van der Waals surface area contributed by atoms with Crippen LogP contribution in [0.25, 0.3) is 0 Å². The summed E-state index contributed by atoms with van der Waals surface area (Å²) in [5.41, 5.74) is 0.320. The largest absolute Gasteiger partial charge is 0.335 e. The molecule has 1 aromatic carbocycles. The van der Waals surface area contributed by atoms with Gasteiger partial charge in [-0.15, -0.1) is 0 Å². The van der Waals surface area contributed by atoms with Crippen LogP contribution in [-0.2, 0) is 9.59 Å². The van der Waals surface area contributed by atoms with E-state index in [1.807, 2.05) is 0 Å². The molecule has 2 rings (SSSR count). The van der Waals surface area contributed by atoms with Gasteiger partial charge in [-0.25, -0.2) is 4.39 Å². The molecular weight excluding hydrogens is 251 g/mol. The van der Waals surface area contributed by atoms with Gasteiger partial charge in [-0.3, -0.25) is 14.4 Å². The standard InChI is InChI=1S/C13H13FN2O3/c1-15-7-13(19)16(8-12(15)18)6-11(17)9-2-4-10(14)5-3-9/h2-5H,6-8H2,1H3. The van der Waals surface area contributed by atoms with E-state index in [1.165, 1.54) is 34.1 Å². The molecule has 0 saturated carbocycles. The van der Waals surface area contributed by atoms with E-state index in [1.54, 1.807) is 7.05 Å². The third-order valence-corrected chi connectivity index (χ3v) is 2.98. The molecule has 0 spiro atoms. The summed E-state index contributed by atoms with van der Waals surface area (Å²) in [6.45, 7) is -0.276. The van der Waals surface area contributed by atoms with Crippen molar-refractivity contribution in [2.45, 2.75) is 0 Å². The van der Waals surface area contributed by atoms with Crippen LogP contribution in [0.5, 0.6) is 0 Å². The van der Waals surface area contributed by atoms with Crippen LogP contribution in [0.3, 0.4) is 0 Å². The second-order valence-electron chi connectivity index (χ2n) is 4.43. The van der Waals surface area contributed by atoms with Gasteiger partial charge in [-0.1, -0.05) is 0 Å². The van der Waals surface area contributed by atoms with E-state index in [0.717, 1.165) is 0 Å². The first kappa shape index (κ1) is 13.2. The van der Waals surface area contributed by atoms with Gasteiger partial charge in [0.15, 0.2) is 5.78 Å². The number of rotatable bonds is 3. The van der Waals surface area contributed by atoms with Crippen molar-refractivity contribution < 1.29 is 18.8 Å². The molecule has 0 unspecified atom stereocenters. The van der Waals surface area contributed by atoms with Crippen LogP contribution in [0.15, 0.2) is 24.3 Å². The Balaban J connectivity index is 2.04. The van der Waals surface area contributed by atoms with Crippen molar-refractivity contribution >= 4 is 17.6 Å². The van der Waals surface area contributed by atoms with Crippen molar-refractivity contribution in [1.82, 2.24) is 9.80 Å². The number of amides is 2. The maximum Gasteiger partial charge on any atom is 0.243 e. The normalized spacial score (nSPS) is 15.9. The molecule has 1 heterocycles. The number of Topliss-reactive ketones (excluding diaryl/α,β-unsaturated/α-hetero) is 1. The predicted octanol–water partition coefficient (Wildman–Crippen LogP) is 0.309. The molecule has 100 valence electrons. The summed E-state index contributed by atoms with van der Waals surface area (Å²) in [4.78, 5) is 37.6. The molecule has 1 aromatic rings. The molecule has 19 heavy (non-hydrogen) atoms. The van der Waals surface area contributed by atoms with Gasteiger partial charge in [0.1, 0.15) is 12.4 Å². The van der Waals surface area contributed by atoms with E-state index in [4.69, 9.17) is 0 Å². The van der Waals surface area contributed by atoms with Gasteiger partial charge >= 0.3 is 0 Å². The highest BCUT2D eigenvalue weighted by atomic mass is 19.1. The van der Waals surface area contributed by atoms with Crippen molar-refractivity contribution in [2.75, 3.05) is 26.7 Å². The highest BCUT2D eigenvalue weighted by Gasteiger charge is 2.28. The number of benzene rings is 1. The summed E-state index contributed by atoms with van der Waals surface area (Å²) in [7, 11) is 1.54. The van der Waals surface area contributed by atoms with Crippen LogP contribution in [0, 0.1) is 5.82 Å². The molecule has 1 fully saturated rings. The fourth-order valence-corrected chi connectivity index (χ4v) is 1.81. The minimum Gasteiger partial charge on any atom is -0.335 e. The Bertz CT molecular complexity index is 527. The lowest BCUT2D eigenvalue weighted by atomic mass is 10.1. The number of carbonyl (C=O) groups excluding carboxylic acids is 3. The SMILES string of the molecule is CN1CC(=O)N(CC(=O)c2ccc(F)cc2)CC1=O. The maximum absolute atomic E-state index is 12.7. The van der Waals surface area contributed by atoms with E-state index in [-0.39, 0.29) is 37.2 Å². The molecule has 1 saturated heterocycles. The first-order chi connectivity index (χ1) is 8.97. The number of carbonyl (C=O) groups is 3. The van der Waals surface area contributed by atoms with Gasteiger partial charge < -0.3 is 9.80 Å². The van der Waals surface area contributed by atoms with E-state index < -0.39 is 5.82 Å². The van der Waals surface area contributed by atoms with Crippen LogP contribution in [0.1, 0.15) is 10.4 Å². The molecular formula is C13H13FN2O3. The van der Waals surface area contributed by atoms with Crippen molar-refractivity contribution in [3.63, 3.8) is 0 Å². The van der Waals surface area contributed by atoms with E-state index in [0.29, 0.717) is 5.56 Å². The lowest BCUT2D eigenvalue weighted by Crippen LogP contribution is -2.53. The first-order valence-corrected chi connectivity index (χ1v) is 5.78. The lowest BCUT2D eigenvalue weighted by Gasteiger charge is -2.31. The first-order valence-electron chi connectivity index (χ1n) is 5.78. The Labute approximate surface area is 109 Å². The lowest BCUT2D eigenvalue weighted by molar-refractivity contribution is -0.148. The fourth-order valence-electron chi connectivity index (χ4n) is 1.81. The Morgan fingerprint density at radius 1 is 1.16 bits per heavy atom. The maximum atomic E-state index is 12.7. The molecule has 0 N–H and O–H groups in total. The zero-order chi connectivity index (χ0) is 14.0. The second-order valence-corrected chi connectivity index (χ2v) is 4.43. The van der Waals surface area contributed by atoms with Gasteiger partial charge in [0.05, 0.1) is 13.1 Å². The van der Waals surface area contributed by atoms with Gasteiger partial charge in [0, 0.05) is 12.6 Å². The Morgan fingerprint density at radius 2 is 1.79 bits per heavy atom. The molecule has 0 radical (unpaired) electrons. The van der Waals surface area contributed by atoms with Crippen molar-refractivity contribution in [3.8, 4) is 0 Å². The van der Waals surface area contributed by atoms with E-state index >= 15 is 0 Å². The average Bonchev–Trinajstić information content (AvgIpc) is 2.36. The number of hydrogen-bond acceptors (Lipinski definition) is 3. The van der Waals surface area contributed by atoms with Crippen LogP contribution < -0.4 is 0 Å². The molecule has 5 nitrogen and oxygen atoms in total. The van der Waals surface area contributed by atoms with Gasteiger partial charge in [-0.05, 0) is 24.3 Å². The summed E-state index contributed by atoms with van der Waals surface area (Å²) in [6.07, 6.45) is 0. The molecule has 0 aromatic heterocycles. The summed E-state index contributed by atoms with van der Waals surface area (Å²) in [6, 6.07) is 5.09. The van der Waals surface area contributed by atoms with Gasteiger partial charge in [0.2, 0.25) is 11.8 Å². The van der Waals surface area contributed by atoms with Gasteiger partial charge in [0.25, 0.3) is 0 Å². The van der Waals surface area contributed by atoms with E-state index in [9.17, 15) is 18.8 Å². The van der Waals surface area contributed by atoms with Crippen LogP contribution in [0.4, 0.5) is 4.39 Å². The van der Waals surface area contributed by atoms with Crippen LogP contribution in [-0.4, -0.2) is 54.1 Å². The zero-order valence-electron chi connectivity index (χ0n) is 10.4. The monoisotopic (exact) mass is 264 g/mol. The molecule has 6 heteroatoms. The van der Waals surface area contributed by atoms with Crippen molar-refractivity contribution in [2.24, 2.45) is 0 Å². The molecule has 1 aliphatic heterocycles. The minimum atomic E-state index is -0.428. The molecule has 2 amide bonds. The zero-order valence-corrected chi connectivity index (χ0v) is 10.4. The molecule has 0 aliphatic carbocycles. The summed E-state index contributed by atoms with van der Waals surface area (Å²) in [5, 5.41) is 0. The number of ketones is 1. The Kier molecular flexibility index (Phi) is 3.59. The highest BCUT2D eigenvalue weighted by Crippen LogP contribution is 2.08. The van der Waals surface area contributed by atoms with Crippen molar-refractivity contribution in [1.29, 1.82) is 0 Å². The van der Waals surface area contributed by atoms with Gasteiger partial charge in [-0.2, -0.15) is 0 Å². The smallest absolute Gasteiger partial charge is 0.243 e. The highest BCUT2D eigenvalue weighted by molar-refractivity contribution is 6.01. The molecule has 0 atom stereocenters. The Hall–Kier alpha value is -2.24. The van der Waals surface area contributed by atoms with E-state index in [2.05, 4.69) is 0 Å². The Morgan fingerprint density at radius 3 is 2.42 bits per heavy atom. The fraction of sp³-hybridized carbons (Fsp3) is 0.308. The molecule has 0 bridgehead atoms.